The summed E-state index contributed by atoms with van der Waals surface area (Å²) in [5, 5.41) is 0. The molecule has 136 valence electrons. The van der Waals surface area contributed by atoms with Gasteiger partial charge in [0.25, 0.3) is 5.91 Å². The van der Waals surface area contributed by atoms with Crippen LogP contribution < -0.4 is 0 Å². The van der Waals surface area contributed by atoms with Crippen molar-refractivity contribution in [2.45, 2.75) is 26.7 Å². The molecule has 0 aliphatic carbocycles. The van der Waals surface area contributed by atoms with Gasteiger partial charge in [-0.25, -0.2) is 0 Å². The van der Waals surface area contributed by atoms with E-state index in [1.54, 1.807) is 0 Å². The minimum Gasteiger partial charge on any atom is -0.341 e. The quantitative estimate of drug-likeness (QED) is 0.853. The molecule has 0 bridgehead atoms. The minimum absolute atomic E-state index is 0.0693. The van der Waals surface area contributed by atoms with Crippen LogP contribution in [-0.2, 0) is 11.2 Å². The van der Waals surface area contributed by atoms with Gasteiger partial charge in [-0.15, -0.1) is 0 Å². The van der Waals surface area contributed by atoms with Crippen LogP contribution in [0.15, 0.2) is 48.5 Å². The van der Waals surface area contributed by atoms with Gasteiger partial charge in [-0.3, -0.25) is 9.59 Å². The van der Waals surface area contributed by atoms with Crippen LogP contribution in [0.5, 0.6) is 0 Å². The molecule has 1 heterocycles. The standard InChI is InChI=1S/C22H26N2O2/c1-17-9-10-20(18(2)15-17)22(26)24-12-6-11-23(13-14-24)21(25)16-19-7-4-3-5-8-19/h3-5,7-10,15H,6,11-14,16H2,1-2H3. The molecule has 26 heavy (non-hydrogen) atoms. The molecule has 4 nitrogen and oxygen atoms in total. The van der Waals surface area contributed by atoms with E-state index < -0.39 is 0 Å². The molecule has 1 aliphatic heterocycles. The van der Waals surface area contributed by atoms with E-state index in [2.05, 4.69) is 0 Å². The van der Waals surface area contributed by atoms with Gasteiger partial charge in [-0.1, -0.05) is 48.0 Å². The molecule has 0 N–H and O–H groups in total. The molecule has 0 aromatic heterocycles. The number of benzene rings is 2. The van der Waals surface area contributed by atoms with E-state index in [9.17, 15) is 9.59 Å². The van der Waals surface area contributed by atoms with Crippen LogP contribution in [0.2, 0.25) is 0 Å². The van der Waals surface area contributed by atoms with Gasteiger partial charge in [0, 0.05) is 31.7 Å². The maximum atomic E-state index is 12.9. The molecule has 0 atom stereocenters. The summed E-state index contributed by atoms with van der Waals surface area (Å²) in [5.41, 5.74) is 3.97. The van der Waals surface area contributed by atoms with E-state index in [1.165, 1.54) is 0 Å². The van der Waals surface area contributed by atoms with E-state index in [0.717, 1.165) is 28.7 Å². The van der Waals surface area contributed by atoms with Crippen LogP contribution in [0.4, 0.5) is 0 Å². The molecule has 0 radical (unpaired) electrons. The maximum Gasteiger partial charge on any atom is 0.254 e. The second-order valence-electron chi connectivity index (χ2n) is 7.01. The van der Waals surface area contributed by atoms with Crippen molar-refractivity contribution in [1.82, 2.24) is 9.80 Å². The largest absolute Gasteiger partial charge is 0.341 e. The Kier molecular flexibility index (Phi) is 5.71. The van der Waals surface area contributed by atoms with Gasteiger partial charge >= 0.3 is 0 Å². The second-order valence-corrected chi connectivity index (χ2v) is 7.01. The zero-order valence-electron chi connectivity index (χ0n) is 15.6. The van der Waals surface area contributed by atoms with Crippen LogP contribution in [0, 0.1) is 13.8 Å². The molecular weight excluding hydrogens is 324 g/mol. The van der Waals surface area contributed by atoms with Gasteiger partial charge in [0.05, 0.1) is 6.42 Å². The molecule has 0 unspecified atom stereocenters. The van der Waals surface area contributed by atoms with Crippen molar-refractivity contribution < 1.29 is 9.59 Å². The molecule has 0 saturated carbocycles. The van der Waals surface area contributed by atoms with Crippen LogP contribution in [0.25, 0.3) is 0 Å². The number of carbonyl (C=O) groups excluding carboxylic acids is 2. The van der Waals surface area contributed by atoms with Gasteiger partial charge in [0.1, 0.15) is 0 Å². The van der Waals surface area contributed by atoms with Crippen molar-refractivity contribution in [3.05, 3.63) is 70.8 Å². The molecular formula is C22H26N2O2. The molecule has 2 amide bonds. The number of amides is 2. The fourth-order valence-corrected chi connectivity index (χ4v) is 3.48. The summed E-state index contributed by atoms with van der Waals surface area (Å²) in [6, 6.07) is 15.8. The molecule has 1 aliphatic rings. The summed E-state index contributed by atoms with van der Waals surface area (Å²) in [5.74, 6) is 0.205. The van der Waals surface area contributed by atoms with E-state index >= 15 is 0 Å². The molecule has 1 saturated heterocycles. The fourth-order valence-electron chi connectivity index (χ4n) is 3.48. The predicted molar refractivity (Wildman–Crippen MR) is 103 cm³/mol. The average Bonchev–Trinajstić information content (AvgIpc) is 2.88. The Balaban J connectivity index is 1.62. The number of carbonyl (C=O) groups is 2. The lowest BCUT2D eigenvalue weighted by Crippen LogP contribution is -2.38. The van der Waals surface area contributed by atoms with E-state index in [0.29, 0.717) is 32.6 Å². The highest BCUT2D eigenvalue weighted by molar-refractivity contribution is 5.95. The third-order valence-electron chi connectivity index (χ3n) is 4.95. The molecule has 2 aromatic rings. The summed E-state index contributed by atoms with van der Waals surface area (Å²) in [4.78, 5) is 29.2. The first-order valence-corrected chi connectivity index (χ1v) is 9.23. The Morgan fingerprint density at radius 1 is 0.885 bits per heavy atom. The first-order valence-electron chi connectivity index (χ1n) is 9.23. The zero-order valence-corrected chi connectivity index (χ0v) is 15.6. The monoisotopic (exact) mass is 350 g/mol. The van der Waals surface area contributed by atoms with Crippen LogP contribution in [0.1, 0.15) is 33.5 Å². The smallest absolute Gasteiger partial charge is 0.254 e. The van der Waals surface area contributed by atoms with Crippen molar-refractivity contribution >= 4 is 11.8 Å². The Hall–Kier alpha value is -2.62. The van der Waals surface area contributed by atoms with Gasteiger partial charge in [-0.2, -0.15) is 0 Å². The molecule has 1 fully saturated rings. The molecule has 4 heteroatoms. The topological polar surface area (TPSA) is 40.6 Å². The lowest BCUT2D eigenvalue weighted by Gasteiger charge is -2.23. The van der Waals surface area contributed by atoms with Gasteiger partial charge < -0.3 is 9.80 Å². The van der Waals surface area contributed by atoms with E-state index in [4.69, 9.17) is 0 Å². The highest BCUT2D eigenvalue weighted by Crippen LogP contribution is 2.15. The molecule has 0 spiro atoms. The first-order chi connectivity index (χ1) is 12.5. The Bertz CT molecular complexity index is 786. The zero-order chi connectivity index (χ0) is 18.5. The predicted octanol–water partition coefficient (Wildman–Crippen LogP) is 3.22. The van der Waals surface area contributed by atoms with Crippen molar-refractivity contribution in [3.8, 4) is 0 Å². The van der Waals surface area contributed by atoms with Gasteiger partial charge in [-0.05, 0) is 37.5 Å². The first kappa shape index (κ1) is 18.2. The molecule has 2 aromatic carbocycles. The Labute approximate surface area is 155 Å². The minimum atomic E-state index is 0.0693. The normalized spacial score (nSPS) is 14.8. The summed E-state index contributed by atoms with van der Waals surface area (Å²) in [7, 11) is 0. The van der Waals surface area contributed by atoms with Crippen LogP contribution >= 0.6 is 0 Å². The molecule has 3 rings (SSSR count). The number of aryl methyl sites for hydroxylation is 2. The number of nitrogens with zero attached hydrogens (tertiary/aromatic N) is 2. The third-order valence-corrected chi connectivity index (χ3v) is 4.95. The highest BCUT2D eigenvalue weighted by atomic mass is 16.2. The number of hydrogen-bond acceptors (Lipinski definition) is 2. The van der Waals surface area contributed by atoms with Gasteiger partial charge in [0.15, 0.2) is 0 Å². The summed E-state index contributed by atoms with van der Waals surface area (Å²) >= 11 is 0. The van der Waals surface area contributed by atoms with E-state index in [1.807, 2.05) is 72.2 Å². The summed E-state index contributed by atoms with van der Waals surface area (Å²) in [6.45, 7) is 6.61. The lowest BCUT2D eigenvalue weighted by molar-refractivity contribution is -0.130. The maximum absolute atomic E-state index is 12.9. The third kappa shape index (κ3) is 4.31. The van der Waals surface area contributed by atoms with Crippen molar-refractivity contribution in [2.75, 3.05) is 26.2 Å². The summed E-state index contributed by atoms with van der Waals surface area (Å²) in [6.07, 6.45) is 1.24. The Morgan fingerprint density at radius 2 is 1.58 bits per heavy atom. The number of hydrogen-bond donors (Lipinski definition) is 0. The van der Waals surface area contributed by atoms with Crippen molar-refractivity contribution in [3.63, 3.8) is 0 Å². The second kappa shape index (κ2) is 8.17. The van der Waals surface area contributed by atoms with Crippen molar-refractivity contribution in [1.29, 1.82) is 0 Å². The van der Waals surface area contributed by atoms with Gasteiger partial charge in [0.2, 0.25) is 5.91 Å². The fraction of sp³-hybridized carbons (Fsp3) is 0.364. The summed E-state index contributed by atoms with van der Waals surface area (Å²) < 4.78 is 0. The van der Waals surface area contributed by atoms with E-state index in [-0.39, 0.29) is 11.8 Å². The van der Waals surface area contributed by atoms with Crippen molar-refractivity contribution in [2.24, 2.45) is 0 Å². The number of rotatable bonds is 3. The van der Waals surface area contributed by atoms with Crippen LogP contribution in [-0.4, -0.2) is 47.8 Å². The van der Waals surface area contributed by atoms with Crippen LogP contribution in [0.3, 0.4) is 0 Å². The average molecular weight is 350 g/mol. The lowest BCUT2D eigenvalue weighted by atomic mass is 10.0. The highest BCUT2D eigenvalue weighted by Gasteiger charge is 2.23. The SMILES string of the molecule is Cc1ccc(C(=O)N2CCCN(C(=O)Cc3ccccc3)CC2)c(C)c1. The Morgan fingerprint density at radius 3 is 2.31 bits per heavy atom.